The highest BCUT2D eigenvalue weighted by molar-refractivity contribution is 6.30. The Hall–Kier alpha value is -0.770. The van der Waals surface area contributed by atoms with Gasteiger partial charge in [-0.25, -0.2) is 0 Å². The van der Waals surface area contributed by atoms with Gasteiger partial charge in [-0.15, -0.1) is 0 Å². The fourth-order valence-electron chi connectivity index (χ4n) is 1.15. The molecule has 0 spiro atoms. The molecule has 0 amide bonds. The molecule has 3 nitrogen and oxygen atoms in total. The number of nitrogens with two attached hydrogens (primary N) is 1. The van der Waals surface area contributed by atoms with Crippen LogP contribution in [0.5, 0.6) is 5.75 Å². The van der Waals surface area contributed by atoms with E-state index in [4.69, 9.17) is 17.3 Å². The lowest BCUT2D eigenvalue weighted by molar-refractivity contribution is 0.464. The van der Waals surface area contributed by atoms with Crippen LogP contribution >= 0.6 is 11.6 Å². The molecule has 0 bridgehead atoms. The molecular weight excluding hydrogens is 200 g/mol. The molecule has 0 radical (unpaired) electrons. The van der Waals surface area contributed by atoms with Crippen molar-refractivity contribution in [3.05, 3.63) is 28.8 Å². The van der Waals surface area contributed by atoms with Gasteiger partial charge in [0.2, 0.25) is 0 Å². The Morgan fingerprint density at radius 2 is 2.21 bits per heavy atom. The maximum atomic E-state index is 9.47. The highest BCUT2D eigenvalue weighted by Gasteiger charge is 2.00. The van der Waals surface area contributed by atoms with E-state index in [1.807, 2.05) is 0 Å². The molecule has 0 saturated heterocycles. The van der Waals surface area contributed by atoms with Gasteiger partial charge >= 0.3 is 0 Å². The number of hydrogen-bond donors (Lipinski definition) is 3. The van der Waals surface area contributed by atoms with E-state index in [-0.39, 0.29) is 5.75 Å². The molecule has 0 aliphatic heterocycles. The molecular formula is C10H15ClN2O. The van der Waals surface area contributed by atoms with Crippen molar-refractivity contribution >= 4 is 11.6 Å². The van der Waals surface area contributed by atoms with Crippen LogP contribution in [0, 0.1) is 0 Å². The van der Waals surface area contributed by atoms with E-state index >= 15 is 0 Å². The van der Waals surface area contributed by atoms with E-state index in [1.54, 1.807) is 18.2 Å². The number of phenolic OH excluding ortho intramolecular Hbond substituents is 1. The zero-order valence-corrected chi connectivity index (χ0v) is 8.72. The lowest BCUT2D eigenvalue weighted by atomic mass is 10.2. The molecule has 0 aromatic heterocycles. The molecule has 1 rings (SSSR count). The Labute approximate surface area is 88.9 Å². The van der Waals surface area contributed by atoms with Crippen molar-refractivity contribution in [2.24, 2.45) is 5.73 Å². The third-order valence-electron chi connectivity index (χ3n) is 1.91. The molecule has 0 saturated carbocycles. The molecule has 0 heterocycles. The average molecular weight is 215 g/mol. The summed E-state index contributed by atoms with van der Waals surface area (Å²) in [5, 5.41) is 13.3. The number of benzene rings is 1. The maximum Gasteiger partial charge on any atom is 0.120 e. The van der Waals surface area contributed by atoms with E-state index in [9.17, 15) is 5.11 Å². The summed E-state index contributed by atoms with van der Waals surface area (Å²) in [7, 11) is 0. The van der Waals surface area contributed by atoms with Gasteiger partial charge in [-0.05, 0) is 37.7 Å². The Bertz CT molecular complexity index is 291. The average Bonchev–Trinajstić information content (AvgIpc) is 2.18. The van der Waals surface area contributed by atoms with Crippen molar-refractivity contribution in [3.63, 3.8) is 0 Å². The minimum absolute atomic E-state index is 0.273. The fourth-order valence-corrected chi connectivity index (χ4v) is 1.34. The van der Waals surface area contributed by atoms with Crippen LogP contribution in [-0.2, 0) is 6.54 Å². The van der Waals surface area contributed by atoms with Crippen LogP contribution in [-0.4, -0.2) is 18.2 Å². The predicted molar refractivity (Wildman–Crippen MR) is 58.5 cm³/mol. The number of rotatable bonds is 5. The number of phenols is 1. The van der Waals surface area contributed by atoms with Crippen LogP contribution in [0.3, 0.4) is 0 Å². The van der Waals surface area contributed by atoms with Crippen molar-refractivity contribution in [1.29, 1.82) is 0 Å². The lowest BCUT2D eigenvalue weighted by Crippen LogP contribution is -2.17. The maximum absolute atomic E-state index is 9.47. The van der Waals surface area contributed by atoms with E-state index in [0.717, 1.165) is 18.5 Å². The standard InChI is InChI=1S/C10H15ClN2O/c11-9-2-3-10(14)8(6-9)7-13-5-1-4-12/h2-3,6,13-14H,1,4-5,7,12H2. The van der Waals surface area contributed by atoms with Crippen molar-refractivity contribution in [1.82, 2.24) is 5.32 Å². The zero-order chi connectivity index (χ0) is 10.4. The van der Waals surface area contributed by atoms with Gasteiger partial charge in [0.15, 0.2) is 0 Å². The van der Waals surface area contributed by atoms with E-state index < -0.39 is 0 Å². The molecule has 0 aliphatic rings. The third kappa shape index (κ3) is 3.54. The highest BCUT2D eigenvalue weighted by Crippen LogP contribution is 2.20. The first-order valence-corrected chi connectivity index (χ1v) is 5.00. The molecule has 0 unspecified atom stereocenters. The monoisotopic (exact) mass is 214 g/mol. The summed E-state index contributed by atoms with van der Waals surface area (Å²) in [5.74, 6) is 0.273. The van der Waals surface area contributed by atoms with Crippen LogP contribution in [0.4, 0.5) is 0 Å². The summed E-state index contributed by atoms with van der Waals surface area (Å²) in [6, 6.07) is 5.02. The summed E-state index contributed by atoms with van der Waals surface area (Å²) in [6.07, 6.45) is 0.932. The molecule has 4 N–H and O–H groups in total. The zero-order valence-electron chi connectivity index (χ0n) is 7.96. The molecule has 78 valence electrons. The number of nitrogens with one attached hydrogen (secondary N) is 1. The Morgan fingerprint density at radius 3 is 2.93 bits per heavy atom. The molecule has 0 atom stereocenters. The number of halogens is 1. The van der Waals surface area contributed by atoms with Gasteiger partial charge in [-0.2, -0.15) is 0 Å². The van der Waals surface area contributed by atoms with Crippen molar-refractivity contribution < 1.29 is 5.11 Å². The SMILES string of the molecule is NCCCNCc1cc(Cl)ccc1O. The Kier molecular flexibility index (Phi) is 4.73. The van der Waals surface area contributed by atoms with Gasteiger partial charge in [0.1, 0.15) is 5.75 Å². The second-order valence-electron chi connectivity index (χ2n) is 3.09. The quantitative estimate of drug-likeness (QED) is 0.651. The highest BCUT2D eigenvalue weighted by atomic mass is 35.5. The second-order valence-corrected chi connectivity index (χ2v) is 3.53. The first-order valence-electron chi connectivity index (χ1n) is 4.62. The van der Waals surface area contributed by atoms with E-state index in [2.05, 4.69) is 5.32 Å². The van der Waals surface area contributed by atoms with E-state index in [1.165, 1.54) is 0 Å². The van der Waals surface area contributed by atoms with Gasteiger partial charge in [-0.1, -0.05) is 11.6 Å². The van der Waals surface area contributed by atoms with Gasteiger partial charge in [0, 0.05) is 17.1 Å². The Balaban J connectivity index is 2.45. The summed E-state index contributed by atoms with van der Waals surface area (Å²) in [6.45, 7) is 2.14. The van der Waals surface area contributed by atoms with Gasteiger partial charge in [0.05, 0.1) is 0 Å². The molecule has 0 aliphatic carbocycles. The largest absolute Gasteiger partial charge is 0.508 e. The number of hydrogen-bond acceptors (Lipinski definition) is 3. The van der Waals surface area contributed by atoms with E-state index in [0.29, 0.717) is 18.1 Å². The van der Waals surface area contributed by atoms with Crippen LogP contribution in [0.25, 0.3) is 0 Å². The Morgan fingerprint density at radius 1 is 1.43 bits per heavy atom. The topological polar surface area (TPSA) is 58.3 Å². The van der Waals surface area contributed by atoms with Crippen molar-refractivity contribution in [3.8, 4) is 5.75 Å². The summed E-state index contributed by atoms with van der Waals surface area (Å²) < 4.78 is 0. The summed E-state index contributed by atoms with van der Waals surface area (Å²) in [5.41, 5.74) is 6.17. The minimum atomic E-state index is 0.273. The van der Waals surface area contributed by atoms with Gasteiger partial charge in [-0.3, -0.25) is 0 Å². The lowest BCUT2D eigenvalue weighted by Gasteiger charge is -2.06. The molecule has 0 fully saturated rings. The summed E-state index contributed by atoms with van der Waals surface area (Å²) >= 11 is 5.80. The van der Waals surface area contributed by atoms with Gasteiger partial charge < -0.3 is 16.2 Å². The summed E-state index contributed by atoms with van der Waals surface area (Å²) in [4.78, 5) is 0. The second kappa shape index (κ2) is 5.86. The number of aromatic hydroxyl groups is 1. The first-order chi connectivity index (χ1) is 6.74. The molecule has 1 aromatic rings. The predicted octanol–water partition coefficient (Wildman–Crippen LogP) is 1.48. The molecule has 14 heavy (non-hydrogen) atoms. The molecule has 4 heteroatoms. The smallest absolute Gasteiger partial charge is 0.120 e. The van der Waals surface area contributed by atoms with Gasteiger partial charge in [0.25, 0.3) is 0 Å². The first kappa shape index (κ1) is 11.3. The van der Waals surface area contributed by atoms with Crippen molar-refractivity contribution in [2.45, 2.75) is 13.0 Å². The van der Waals surface area contributed by atoms with Crippen LogP contribution in [0.2, 0.25) is 5.02 Å². The fraction of sp³-hybridized carbons (Fsp3) is 0.400. The molecule has 1 aromatic carbocycles. The van der Waals surface area contributed by atoms with Crippen molar-refractivity contribution in [2.75, 3.05) is 13.1 Å². The normalized spacial score (nSPS) is 10.4. The third-order valence-corrected chi connectivity index (χ3v) is 2.15. The van der Waals surface area contributed by atoms with Crippen LogP contribution in [0.15, 0.2) is 18.2 Å². The minimum Gasteiger partial charge on any atom is -0.508 e. The van der Waals surface area contributed by atoms with Crippen LogP contribution < -0.4 is 11.1 Å². The van der Waals surface area contributed by atoms with Crippen LogP contribution in [0.1, 0.15) is 12.0 Å².